The van der Waals surface area contributed by atoms with E-state index in [4.69, 9.17) is 0 Å². The lowest BCUT2D eigenvalue weighted by Gasteiger charge is -2.06. The van der Waals surface area contributed by atoms with Crippen LogP contribution in [0.2, 0.25) is 0 Å². The van der Waals surface area contributed by atoms with Crippen molar-refractivity contribution in [3.8, 4) is 5.75 Å². The molecule has 2 heteroatoms. The number of phenols is 1. The molecular weight excluding hydrogens is 188 g/mol. The summed E-state index contributed by atoms with van der Waals surface area (Å²) < 4.78 is 0. The van der Waals surface area contributed by atoms with E-state index in [1.54, 1.807) is 18.2 Å². The van der Waals surface area contributed by atoms with Gasteiger partial charge in [0.2, 0.25) is 0 Å². The van der Waals surface area contributed by atoms with Crippen LogP contribution in [0.15, 0.2) is 24.8 Å². The van der Waals surface area contributed by atoms with E-state index in [0.29, 0.717) is 12.0 Å². The summed E-state index contributed by atoms with van der Waals surface area (Å²) in [5.74, 6) is 0.307. The molecule has 0 bridgehead atoms. The second-order valence-corrected chi connectivity index (χ2v) is 3.89. The van der Waals surface area contributed by atoms with E-state index in [0.717, 1.165) is 5.56 Å². The zero-order valence-corrected chi connectivity index (χ0v) is 9.16. The highest BCUT2D eigenvalue weighted by Gasteiger charge is 2.10. The number of benzene rings is 1. The van der Waals surface area contributed by atoms with Crippen LogP contribution in [0, 0.1) is 5.92 Å². The third kappa shape index (κ3) is 2.94. The monoisotopic (exact) mass is 204 g/mol. The minimum atomic E-state index is 0.00322. The molecule has 0 aliphatic heterocycles. The van der Waals surface area contributed by atoms with Gasteiger partial charge in [0.25, 0.3) is 0 Å². The first kappa shape index (κ1) is 11.5. The van der Waals surface area contributed by atoms with E-state index in [9.17, 15) is 9.90 Å². The van der Waals surface area contributed by atoms with E-state index >= 15 is 0 Å². The van der Waals surface area contributed by atoms with Crippen molar-refractivity contribution in [2.45, 2.75) is 20.3 Å². The average Bonchev–Trinajstić information content (AvgIpc) is 2.20. The topological polar surface area (TPSA) is 37.3 Å². The van der Waals surface area contributed by atoms with E-state index in [2.05, 4.69) is 6.58 Å². The van der Waals surface area contributed by atoms with Crippen molar-refractivity contribution >= 4 is 11.9 Å². The summed E-state index contributed by atoms with van der Waals surface area (Å²) >= 11 is 0. The molecule has 0 amide bonds. The number of rotatable bonds is 4. The zero-order valence-electron chi connectivity index (χ0n) is 9.16. The molecule has 1 N–H and O–H groups in total. The van der Waals surface area contributed by atoms with E-state index in [1.807, 2.05) is 19.9 Å². The average molecular weight is 204 g/mol. The van der Waals surface area contributed by atoms with Crippen molar-refractivity contribution in [3.63, 3.8) is 0 Å². The van der Waals surface area contributed by atoms with Gasteiger partial charge in [-0.25, -0.2) is 0 Å². The van der Waals surface area contributed by atoms with Gasteiger partial charge in [0, 0.05) is 17.9 Å². The molecule has 0 aliphatic rings. The minimum absolute atomic E-state index is 0.00322. The van der Waals surface area contributed by atoms with Crippen molar-refractivity contribution in [1.82, 2.24) is 0 Å². The van der Waals surface area contributed by atoms with Gasteiger partial charge in [-0.3, -0.25) is 4.79 Å². The summed E-state index contributed by atoms with van der Waals surface area (Å²) in [5.41, 5.74) is 1.53. The highest BCUT2D eigenvalue weighted by Crippen LogP contribution is 2.21. The predicted octanol–water partition coefficient (Wildman–Crippen LogP) is 2.80. The summed E-state index contributed by atoms with van der Waals surface area (Å²) in [4.78, 5) is 11.5. The van der Waals surface area contributed by atoms with Crippen molar-refractivity contribution in [2.75, 3.05) is 0 Å². The van der Waals surface area contributed by atoms with Crippen LogP contribution in [-0.4, -0.2) is 10.9 Å². The van der Waals surface area contributed by atoms with Gasteiger partial charge in [0.1, 0.15) is 11.5 Å². The Morgan fingerprint density at radius 3 is 2.67 bits per heavy atom. The molecule has 1 aromatic carbocycles. The van der Waals surface area contributed by atoms with E-state index < -0.39 is 0 Å². The highest BCUT2D eigenvalue weighted by atomic mass is 16.3. The van der Waals surface area contributed by atoms with Crippen LogP contribution in [0.5, 0.6) is 5.75 Å². The first-order valence-electron chi connectivity index (χ1n) is 5.01. The Labute approximate surface area is 90.3 Å². The fraction of sp³-hybridized carbons (Fsp3) is 0.308. The number of carbonyl (C=O) groups is 1. The summed E-state index contributed by atoms with van der Waals surface area (Å²) in [5, 5.41) is 9.65. The van der Waals surface area contributed by atoms with Gasteiger partial charge in [-0.1, -0.05) is 38.6 Å². The maximum absolute atomic E-state index is 11.5. The number of hydrogen-bond acceptors (Lipinski definition) is 2. The Morgan fingerprint density at radius 1 is 1.53 bits per heavy atom. The number of Topliss-reactive ketones (excluding diaryl/α,β-unsaturated/α-hetero) is 1. The smallest absolute Gasteiger partial charge is 0.139 e. The lowest BCUT2D eigenvalue weighted by Crippen LogP contribution is -2.10. The van der Waals surface area contributed by atoms with Crippen LogP contribution in [0.4, 0.5) is 0 Å². The van der Waals surface area contributed by atoms with Crippen molar-refractivity contribution in [1.29, 1.82) is 0 Å². The van der Waals surface area contributed by atoms with Crippen molar-refractivity contribution in [3.05, 3.63) is 35.9 Å². The Morgan fingerprint density at radius 2 is 2.20 bits per heavy atom. The lowest BCUT2D eigenvalue weighted by molar-refractivity contribution is -0.121. The molecule has 0 saturated carbocycles. The standard InChI is InChI=1S/C13H16O2/c1-4-10-5-6-11(13(15)7-10)8-12(14)9(2)3/h4-7,9,15H,1,8H2,2-3H3. The summed E-state index contributed by atoms with van der Waals surface area (Å²) in [6, 6.07) is 5.23. The summed E-state index contributed by atoms with van der Waals surface area (Å²) in [7, 11) is 0. The second-order valence-electron chi connectivity index (χ2n) is 3.89. The molecule has 0 radical (unpaired) electrons. The molecule has 0 saturated heterocycles. The third-order valence-electron chi connectivity index (χ3n) is 2.35. The number of carbonyl (C=O) groups excluding carboxylic acids is 1. The quantitative estimate of drug-likeness (QED) is 0.818. The predicted molar refractivity (Wildman–Crippen MR) is 61.7 cm³/mol. The van der Waals surface area contributed by atoms with Gasteiger partial charge in [-0.05, 0) is 11.6 Å². The third-order valence-corrected chi connectivity index (χ3v) is 2.35. The van der Waals surface area contributed by atoms with Gasteiger partial charge >= 0.3 is 0 Å². The molecule has 0 unspecified atom stereocenters. The maximum Gasteiger partial charge on any atom is 0.139 e. The lowest BCUT2D eigenvalue weighted by atomic mass is 9.99. The van der Waals surface area contributed by atoms with Gasteiger partial charge < -0.3 is 5.11 Å². The molecule has 0 atom stereocenters. The molecule has 0 aromatic heterocycles. The Balaban J connectivity index is 2.87. The fourth-order valence-corrected chi connectivity index (χ4v) is 1.25. The van der Waals surface area contributed by atoms with Crippen LogP contribution < -0.4 is 0 Å². The molecule has 1 aromatic rings. The SMILES string of the molecule is C=Cc1ccc(CC(=O)C(C)C)c(O)c1. The van der Waals surface area contributed by atoms with E-state index in [1.165, 1.54) is 0 Å². The normalized spacial score (nSPS) is 10.3. The number of hydrogen-bond donors (Lipinski definition) is 1. The van der Waals surface area contributed by atoms with Crippen LogP contribution in [0.25, 0.3) is 6.08 Å². The van der Waals surface area contributed by atoms with Crippen LogP contribution >= 0.6 is 0 Å². The number of aromatic hydroxyl groups is 1. The maximum atomic E-state index is 11.5. The Hall–Kier alpha value is -1.57. The summed E-state index contributed by atoms with van der Waals surface area (Å²) in [6.45, 7) is 7.33. The van der Waals surface area contributed by atoms with Gasteiger partial charge in [-0.2, -0.15) is 0 Å². The second kappa shape index (κ2) is 4.78. The molecule has 0 heterocycles. The minimum Gasteiger partial charge on any atom is -0.508 e. The van der Waals surface area contributed by atoms with E-state index in [-0.39, 0.29) is 17.5 Å². The first-order chi connectivity index (χ1) is 7.04. The van der Waals surface area contributed by atoms with Gasteiger partial charge in [0.15, 0.2) is 0 Å². The fourth-order valence-electron chi connectivity index (χ4n) is 1.25. The molecule has 0 aliphatic carbocycles. The zero-order chi connectivity index (χ0) is 11.4. The van der Waals surface area contributed by atoms with Crippen molar-refractivity contribution < 1.29 is 9.90 Å². The molecule has 15 heavy (non-hydrogen) atoms. The summed E-state index contributed by atoms with van der Waals surface area (Å²) in [6.07, 6.45) is 1.95. The molecule has 2 nitrogen and oxygen atoms in total. The number of ketones is 1. The molecule has 1 rings (SSSR count). The number of phenolic OH excluding ortho intramolecular Hbond substituents is 1. The Kier molecular flexibility index (Phi) is 3.67. The van der Waals surface area contributed by atoms with Crippen LogP contribution in [0.1, 0.15) is 25.0 Å². The largest absolute Gasteiger partial charge is 0.508 e. The van der Waals surface area contributed by atoms with Gasteiger partial charge in [0.05, 0.1) is 0 Å². The Bertz CT molecular complexity index is 378. The molecule has 0 fully saturated rings. The molecule has 80 valence electrons. The van der Waals surface area contributed by atoms with Crippen LogP contribution in [0.3, 0.4) is 0 Å². The van der Waals surface area contributed by atoms with Crippen molar-refractivity contribution in [2.24, 2.45) is 5.92 Å². The van der Waals surface area contributed by atoms with Gasteiger partial charge in [-0.15, -0.1) is 0 Å². The molecular formula is C13H16O2. The first-order valence-corrected chi connectivity index (χ1v) is 5.01. The highest BCUT2D eigenvalue weighted by molar-refractivity contribution is 5.83. The molecule has 0 spiro atoms. The van der Waals surface area contributed by atoms with Crippen LogP contribution in [-0.2, 0) is 11.2 Å².